The summed E-state index contributed by atoms with van der Waals surface area (Å²) in [6.07, 6.45) is 2.08. The number of fused-ring (bicyclic) bond motifs is 2. The number of benzene rings is 3. The molecule has 5 nitrogen and oxygen atoms in total. The summed E-state index contributed by atoms with van der Waals surface area (Å²) in [6, 6.07) is 22.2. The molecule has 0 bridgehead atoms. The fourth-order valence-electron chi connectivity index (χ4n) is 4.48. The van der Waals surface area contributed by atoms with Crippen LogP contribution in [-0.2, 0) is 12.8 Å². The Kier molecular flexibility index (Phi) is 10.2. The van der Waals surface area contributed by atoms with Crippen LogP contribution in [0, 0.1) is 48.2 Å². The molecule has 2 aromatic heterocycles. The molecule has 2 radical (unpaired) electrons. The van der Waals surface area contributed by atoms with Crippen LogP contribution in [0.4, 0.5) is 0 Å². The molecule has 5 aromatic rings. The zero-order chi connectivity index (χ0) is 26.8. The van der Waals surface area contributed by atoms with Gasteiger partial charge in [0.15, 0.2) is 0 Å². The maximum atomic E-state index is 13.0. The zero-order valence-electron chi connectivity index (χ0n) is 21.7. The summed E-state index contributed by atoms with van der Waals surface area (Å²) < 4.78 is 17.3. The fraction of sp³-hybridized carbons (Fsp3) is 0.200. The Hall–Kier alpha value is -1.84. The second kappa shape index (κ2) is 13.2. The molecule has 0 saturated carbocycles. The van der Waals surface area contributed by atoms with E-state index in [2.05, 4.69) is 63.0 Å². The first-order chi connectivity index (χ1) is 18.3. The van der Waals surface area contributed by atoms with Crippen LogP contribution >= 0.6 is 25.3 Å². The molecular formula is C30H27O5PrS2Si. The predicted octanol–water partition coefficient (Wildman–Crippen LogP) is 7.01. The van der Waals surface area contributed by atoms with Crippen molar-refractivity contribution in [3.63, 3.8) is 0 Å². The van der Waals surface area contributed by atoms with Gasteiger partial charge in [-0.15, -0.1) is 25.3 Å². The average Bonchev–Trinajstić information content (AvgIpc) is 2.89. The third-order valence-electron chi connectivity index (χ3n) is 6.58. The summed E-state index contributed by atoms with van der Waals surface area (Å²) in [5.41, 5.74) is 2.92. The van der Waals surface area contributed by atoms with Crippen LogP contribution in [0.2, 0.25) is 12.6 Å². The molecule has 0 atom stereocenters. The van der Waals surface area contributed by atoms with Gasteiger partial charge in [-0.1, -0.05) is 48.0 Å². The van der Waals surface area contributed by atoms with Crippen LogP contribution in [0.3, 0.4) is 0 Å². The minimum atomic E-state index is -1.08. The first-order valence-electron chi connectivity index (χ1n) is 12.4. The van der Waals surface area contributed by atoms with Crippen molar-refractivity contribution in [1.82, 2.24) is 0 Å². The SMILES string of the molecule is Cc1ccc(CCC[Si](C)Oc2ccc3c(S)c(Cc4c(S)c5ccccc5oc4=O)c(=O)oc3c2)cc1.[Pr]. The maximum Gasteiger partial charge on any atom is 0.340 e. The van der Waals surface area contributed by atoms with Gasteiger partial charge in [0.25, 0.3) is 9.04 Å². The van der Waals surface area contributed by atoms with Gasteiger partial charge >= 0.3 is 11.3 Å². The number of thiol groups is 2. The molecule has 0 unspecified atom stereocenters. The van der Waals surface area contributed by atoms with E-state index in [4.69, 9.17) is 13.3 Å². The first-order valence-corrected chi connectivity index (χ1v) is 15.4. The molecule has 2 heterocycles. The van der Waals surface area contributed by atoms with Gasteiger partial charge in [0.1, 0.15) is 16.9 Å². The normalized spacial score (nSPS) is 11.2. The number of aryl methyl sites for hydroxylation is 2. The second-order valence-electron chi connectivity index (χ2n) is 9.41. The van der Waals surface area contributed by atoms with Crippen molar-refractivity contribution in [2.45, 2.75) is 48.6 Å². The second-order valence-corrected chi connectivity index (χ2v) is 12.4. The molecule has 0 spiro atoms. The molecule has 0 aliphatic heterocycles. The summed E-state index contributed by atoms with van der Waals surface area (Å²) in [5, 5.41) is 1.37. The molecule has 0 saturated heterocycles. The smallest absolute Gasteiger partial charge is 0.340 e. The molecule has 39 heavy (non-hydrogen) atoms. The quantitative estimate of drug-likeness (QED) is 0.104. The van der Waals surface area contributed by atoms with E-state index < -0.39 is 20.3 Å². The third kappa shape index (κ3) is 6.91. The van der Waals surface area contributed by atoms with Crippen LogP contribution in [0.15, 0.2) is 94.9 Å². The Morgan fingerprint density at radius 3 is 2.13 bits per heavy atom. The Morgan fingerprint density at radius 1 is 0.821 bits per heavy atom. The molecule has 0 aliphatic carbocycles. The number of para-hydroxylation sites is 1. The van der Waals surface area contributed by atoms with Crippen LogP contribution in [-0.4, -0.2) is 9.04 Å². The Balaban J connectivity index is 0.00000353. The molecule has 0 amide bonds. The largest absolute Gasteiger partial charge is 0.542 e. The monoisotopic (exact) mass is 700 g/mol. The van der Waals surface area contributed by atoms with Gasteiger partial charge in [0.05, 0.1) is 11.1 Å². The molecule has 3 aromatic carbocycles. The molecule has 0 N–H and O–H groups in total. The maximum absolute atomic E-state index is 13.0. The van der Waals surface area contributed by atoms with E-state index in [0.717, 1.165) is 18.9 Å². The summed E-state index contributed by atoms with van der Waals surface area (Å²) >= 11 is 9.21. The van der Waals surface area contributed by atoms with Crippen molar-refractivity contribution in [1.29, 1.82) is 0 Å². The van der Waals surface area contributed by atoms with Crippen LogP contribution in [0.5, 0.6) is 5.75 Å². The molecule has 0 fully saturated rings. The molecular weight excluding hydrogens is 673 g/mol. The van der Waals surface area contributed by atoms with Gasteiger partial charge in [0.2, 0.25) is 0 Å². The molecule has 196 valence electrons. The fourth-order valence-corrected chi connectivity index (χ4v) is 6.49. The van der Waals surface area contributed by atoms with Crippen LogP contribution < -0.4 is 15.7 Å². The van der Waals surface area contributed by atoms with E-state index in [1.165, 1.54) is 11.1 Å². The molecule has 9 heteroatoms. The standard InChI is InChI=1S/C30H27O5S2Si.Pr/c1-18-9-11-19(12-10-18)6-5-15-38(2)35-20-13-14-22-26(16-20)34-30(32)24(28(22)37)17-23-27(36)21-7-3-4-8-25(21)33-29(23)31;/h3-4,7-14,16,36-37H,5-6,15,17H2,1-2H3;. The average molecular weight is 701 g/mol. The minimum Gasteiger partial charge on any atom is -0.542 e. The van der Waals surface area contributed by atoms with E-state index >= 15 is 0 Å². The summed E-state index contributed by atoms with van der Waals surface area (Å²) in [7, 11) is -1.08. The van der Waals surface area contributed by atoms with Gasteiger partial charge in [0, 0.05) is 74.3 Å². The number of hydrogen-bond acceptors (Lipinski definition) is 7. The summed E-state index contributed by atoms with van der Waals surface area (Å²) in [4.78, 5) is 26.6. The first kappa shape index (κ1) is 30.1. The van der Waals surface area contributed by atoms with Gasteiger partial charge in [-0.25, -0.2) is 9.59 Å². The molecule has 5 rings (SSSR count). The summed E-state index contributed by atoms with van der Waals surface area (Å²) in [5.74, 6) is 0.667. The van der Waals surface area contributed by atoms with Gasteiger partial charge in [-0.2, -0.15) is 0 Å². The van der Waals surface area contributed by atoms with E-state index in [0.29, 0.717) is 37.5 Å². The Morgan fingerprint density at radius 2 is 1.44 bits per heavy atom. The van der Waals surface area contributed by atoms with Crippen molar-refractivity contribution >= 4 is 56.2 Å². The molecule has 0 aliphatic rings. The van der Waals surface area contributed by atoms with Crippen molar-refractivity contribution < 1.29 is 54.6 Å². The van der Waals surface area contributed by atoms with Gasteiger partial charge < -0.3 is 13.3 Å². The van der Waals surface area contributed by atoms with Crippen LogP contribution in [0.1, 0.15) is 28.7 Å². The van der Waals surface area contributed by atoms with Gasteiger partial charge in [-0.05, 0) is 56.1 Å². The number of rotatable bonds is 8. The Bertz CT molecular complexity index is 1750. The topological polar surface area (TPSA) is 69.7 Å². The van der Waals surface area contributed by atoms with E-state index in [1.807, 2.05) is 24.3 Å². The zero-order valence-corrected chi connectivity index (χ0v) is 28.2. The summed E-state index contributed by atoms with van der Waals surface area (Å²) in [6.45, 7) is 4.23. The Labute approximate surface area is 272 Å². The third-order valence-corrected chi connectivity index (χ3v) is 9.24. The van der Waals surface area contributed by atoms with Crippen molar-refractivity contribution in [2.75, 3.05) is 0 Å². The van der Waals surface area contributed by atoms with E-state index in [1.54, 1.807) is 18.2 Å². The van der Waals surface area contributed by atoms with Gasteiger partial charge in [-0.3, -0.25) is 0 Å². The predicted molar refractivity (Wildman–Crippen MR) is 159 cm³/mol. The number of hydrogen-bond donors (Lipinski definition) is 2. The van der Waals surface area contributed by atoms with Crippen molar-refractivity contribution in [3.8, 4) is 5.75 Å². The van der Waals surface area contributed by atoms with Crippen LogP contribution in [0.25, 0.3) is 21.9 Å². The van der Waals surface area contributed by atoms with E-state index in [9.17, 15) is 9.59 Å². The van der Waals surface area contributed by atoms with Crippen molar-refractivity contribution in [3.05, 3.63) is 110 Å². The van der Waals surface area contributed by atoms with Crippen molar-refractivity contribution in [2.24, 2.45) is 0 Å². The minimum absolute atomic E-state index is 0. The van der Waals surface area contributed by atoms with E-state index in [-0.39, 0.29) is 58.8 Å².